The lowest BCUT2D eigenvalue weighted by Gasteiger charge is -2.15. The van der Waals surface area contributed by atoms with E-state index < -0.39 is 23.6 Å². The van der Waals surface area contributed by atoms with Crippen LogP contribution in [0.15, 0.2) is 36.8 Å². The molecule has 140 valence electrons. The Morgan fingerprint density at radius 2 is 2.00 bits per heavy atom. The Labute approximate surface area is 152 Å². The van der Waals surface area contributed by atoms with Gasteiger partial charge in [-0.05, 0) is 37.6 Å². The molecule has 2 rings (SSSR count). The molecule has 0 radical (unpaired) electrons. The fourth-order valence-corrected chi connectivity index (χ4v) is 2.12. The average Bonchev–Trinajstić information content (AvgIpc) is 2.64. The van der Waals surface area contributed by atoms with Gasteiger partial charge in [0.05, 0.1) is 12.3 Å². The molecule has 1 atom stereocenters. The number of halogens is 1. The van der Waals surface area contributed by atoms with Gasteiger partial charge in [0, 0.05) is 18.3 Å². The van der Waals surface area contributed by atoms with Crippen LogP contribution in [0, 0.1) is 18.7 Å². The number of esters is 1. The summed E-state index contributed by atoms with van der Waals surface area (Å²) < 4.78 is 18.8. The van der Waals surface area contributed by atoms with E-state index in [0.717, 1.165) is 5.56 Å². The maximum atomic E-state index is 13.9. The maximum Gasteiger partial charge on any atom is 0.318 e. The Hall–Kier alpha value is -2.83. The highest BCUT2D eigenvalue weighted by molar-refractivity contribution is 6.05. The molecule has 1 N–H and O–H groups in total. The predicted octanol–water partition coefficient (Wildman–Crippen LogP) is 3.31. The molecule has 0 fully saturated rings. The number of carbonyl (C=O) groups is 2. The minimum Gasteiger partial charge on any atom is -0.465 e. The van der Waals surface area contributed by atoms with Crippen molar-refractivity contribution in [3.8, 4) is 0 Å². The van der Waals surface area contributed by atoms with Gasteiger partial charge in [0.2, 0.25) is 5.91 Å². The lowest BCUT2D eigenvalue weighted by molar-refractivity contribution is -0.150. The van der Waals surface area contributed by atoms with E-state index in [2.05, 4.69) is 15.3 Å². The molecule has 0 aliphatic heterocycles. The van der Waals surface area contributed by atoms with Crippen LogP contribution >= 0.6 is 0 Å². The molecule has 26 heavy (non-hydrogen) atoms. The first kappa shape index (κ1) is 21.2. The van der Waals surface area contributed by atoms with Crippen LogP contribution in [0.4, 0.5) is 10.1 Å². The molecular weight excluding hydrogens is 337 g/mol. The third-order valence-electron chi connectivity index (χ3n) is 3.33. The molecule has 2 aromatic rings. The zero-order valence-corrected chi connectivity index (χ0v) is 15.5. The second-order valence-corrected chi connectivity index (χ2v) is 5.18. The molecular formula is C19H24FN3O3. The van der Waals surface area contributed by atoms with E-state index >= 15 is 0 Å². The highest BCUT2D eigenvalue weighted by atomic mass is 19.1. The zero-order chi connectivity index (χ0) is 19.5. The molecule has 0 saturated carbocycles. The number of hydrogen-bond acceptors (Lipinski definition) is 5. The first-order chi connectivity index (χ1) is 12.5. The number of amides is 1. The lowest BCUT2D eigenvalue weighted by atomic mass is 10.0. The fraction of sp³-hybridized carbons (Fsp3) is 0.368. The van der Waals surface area contributed by atoms with Gasteiger partial charge in [-0.1, -0.05) is 19.9 Å². The highest BCUT2D eigenvalue weighted by Gasteiger charge is 2.29. The fourth-order valence-electron chi connectivity index (χ4n) is 2.12. The van der Waals surface area contributed by atoms with E-state index in [4.69, 9.17) is 4.74 Å². The van der Waals surface area contributed by atoms with Crippen LogP contribution in [-0.4, -0.2) is 28.5 Å². The lowest BCUT2D eigenvalue weighted by Crippen LogP contribution is -2.33. The van der Waals surface area contributed by atoms with Crippen molar-refractivity contribution in [3.63, 3.8) is 0 Å². The summed E-state index contributed by atoms with van der Waals surface area (Å²) in [6, 6.07) is 6.03. The molecule has 1 unspecified atom stereocenters. The summed E-state index contributed by atoms with van der Waals surface area (Å²) in [7, 11) is 0. The van der Waals surface area contributed by atoms with E-state index in [9.17, 15) is 14.0 Å². The standard InChI is InChI=1S/C17H18FN3O3.C2H6/c1-3-24-17(23)13(9-12-6-7-19-10-20-12)16(22)21-15-5-4-11(2)8-14(15)18;1-2/h4-8,10,13H,3,9H2,1-2H3,(H,21,22);1-2H3. The summed E-state index contributed by atoms with van der Waals surface area (Å²) in [5, 5.41) is 2.44. The number of anilines is 1. The Kier molecular flexibility index (Phi) is 8.91. The first-order valence-electron chi connectivity index (χ1n) is 8.49. The molecule has 0 spiro atoms. The van der Waals surface area contributed by atoms with Crippen LogP contribution in [0.5, 0.6) is 0 Å². The number of aryl methyl sites for hydroxylation is 1. The number of ether oxygens (including phenoxy) is 1. The van der Waals surface area contributed by atoms with Gasteiger partial charge in [-0.3, -0.25) is 9.59 Å². The zero-order valence-electron chi connectivity index (χ0n) is 15.5. The van der Waals surface area contributed by atoms with Gasteiger partial charge in [0.25, 0.3) is 0 Å². The van der Waals surface area contributed by atoms with Crippen molar-refractivity contribution in [1.29, 1.82) is 0 Å². The van der Waals surface area contributed by atoms with Crippen molar-refractivity contribution < 1.29 is 18.7 Å². The van der Waals surface area contributed by atoms with Crippen LogP contribution < -0.4 is 5.32 Å². The van der Waals surface area contributed by atoms with Gasteiger partial charge in [-0.25, -0.2) is 14.4 Å². The van der Waals surface area contributed by atoms with Gasteiger partial charge in [0.15, 0.2) is 0 Å². The summed E-state index contributed by atoms with van der Waals surface area (Å²) in [5.74, 6) is -3.01. The number of aromatic nitrogens is 2. The van der Waals surface area contributed by atoms with Crippen LogP contribution in [0.3, 0.4) is 0 Å². The summed E-state index contributed by atoms with van der Waals surface area (Å²) in [6.07, 6.45) is 2.89. The predicted molar refractivity (Wildman–Crippen MR) is 97.0 cm³/mol. The molecule has 0 saturated heterocycles. The van der Waals surface area contributed by atoms with Crippen LogP contribution in [0.1, 0.15) is 32.0 Å². The highest BCUT2D eigenvalue weighted by Crippen LogP contribution is 2.18. The smallest absolute Gasteiger partial charge is 0.318 e. The number of benzene rings is 1. The summed E-state index contributed by atoms with van der Waals surface area (Å²) in [5.41, 5.74) is 1.26. The monoisotopic (exact) mass is 361 g/mol. The molecule has 7 heteroatoms. The van der Waals surface area contributed by atoms with Crippen LogP contribution in [0.25, 0.3) is 0 Å². The molecule has 1 aromatic carbocycles. The topological polar surface area (TPSA) is 81.2 Å². The maximum absolute atomic E-state index is 13.9. The average molecular weight is 361 g/mol. The van der Waals surface area contributed by atoms with Crippen molar-refractivity contribution in [2.75, 3.05) is 11.9 Å². The van der Waals surface area contributed by atoms with Gasteiger partial charge < -0.3 is 10.1 Å². The summed E-state index contributed by atoms with van der Waals surface area (Å²) >= 11 is 0. The number of hydrogen-bond donors (Lipinski definition) is 1. The number of carbonyl (C=O) groups excluding carboxylic acids is 2. The van der Waals surface area contributed by atoms with E-state index in [-0.39, 0.29) is 18.7 Å². The first-order valence-corrected chi connectivity index (χ1v) is 8.49. The Morgan fingerprint density at radius 3 is 2.58 bits per heavy atom. The van der Waals surface area contributed by atoms with Crippen molar-refractivity contribution in [2.45, 2.75) is 34.1 Å². The second kappa shape index (κ2) is 10.9. The molecule has 0 aliphatic rings. The third-order valence-corrected chi connectivity index (χ3v) is 3.33. The molecule has 1 heterocycles. The van der Waals surface area contributed by atoms with Crippen molar-refractivity contribution >= 4 is 17.6 Å². The molecule has 1 amide bonds. The van der Waals surface area contributed by atoms with E-state index in [1.807, 2.05) is 13.8 Å². The van der Waals surface area contributed by atoms with Gasteiger partial charge in [-0.15, -0.1) is 0 Å². The van der Waals surface area contributed by atoms with Crippen molar-refractivity contribution in [2.24, 2.45) is 5.92 Å². The summed E-state index contributed by atoms with van der Waals surface area (Å²) in [4.78, 5) is 32.3. The number of nitrogens with one attached hydrogen (secondary N) is 1. The quantitative estimate of drug-likeness (QED) is 0.631. The second-order valence-electron chi connectivity index (χ2n) is 5.18. The number of nitrogens with zero attached hydrogens (tertiary/aromatic N) is 2. The Morgan fingerprint density at radius 1 is 1.27 bits per heavy atom. The van der Waals surface area contributed by atoms with Gasteiger partial charge in [-0.2, -0.15) is 0 Å². The number of rotatable bonds is 6. The van der Waals surface area contributed by atoms with E-state index in [1.165, 1.54) is 24.7 Å². The minimum atomic E-state index is -1.12. The van der Waals surface area contributed by atoms with E-state index in [1.54, 1.807) is 26.0 Å². The summed E-state index contributed by atoms with van der Waals surface area (Å²) in [6.45, 7) is 7.54. The Balaban J connectivity index is 0.00000163. The van der Waals surface area contributed by atoms with Crippen molar-refractivity contribution in [3.05, 3.63) is 53.9 Å². The van der Waals surface area contributed by atoms with Crippen molar-refractivity contribution in [1.82, 2.24) is 9.97 Å². The largest absolute Gasteiger partial charge is 0.465 e. The Bertz CT molecular complexity index is 723. The molecule has 1 aromatic heterocycles. The van der Waals surface area contributed by atoms with E-state index in [0.29, 0.717) is 5.69 Å². The van der Waals surface area contributed by atoms with Crippen LogP contribution in [-0.2, 0) is 20.7 Å². The third kappa shape index (κ3) is 6.23. The van der Waals surface area contributed by atoms with Gasteiger partial charge in [0.1, 0.15) is 18.1 Å². The van der Waals surface area contributed by atoms with Gasteiger partial charge >= 0.3 is 5.97 Å². The molecule has 0 bridgehead atoms. The molecule has 6 nitrogen and oxygen atoms in total. The minimum absolute atomic E-state index is 0.0163. The SMILES string of the molecule is CC.CCOC(=O)C(Cc1ccncn1)C(=O)Nc1ccc(C)cc1F. The molecule has 0 aliphatic carbocycles. The normalized spacial score (nSPS) is 11.0. The van der Waals surface area contributed by atoms with Crippen LogP contribution in [0.2, 0.25) is 0 Å².